The second-order valence-electron chi connectivity index (χ2n) is 6.05. The lowest BCUT2D eigenvalue weighted by atomic mass is 9.94. The lowest BCUT2D eigenvalue weighted by Crippen LogP contribution is -2.37. The molecule has 3 nitrogen and oxygen atoms in total. The molecular formula is C17H24ClNO2. The first kappa shape index (κ1) is 16.3. The number of fused-ring (bicyclic) bond motifs is 1. The van der Waals surface area contributed by atoms with Gasteiger partial charge in [-0.2, -0.15) is 0 Å². The third kappa shape index (κ3) is 4.21. The minimum Gasteiger partial charge on any atom is -0.460 e. The van der Waals surface area contributed by atoms with Gasteiger partial charge in [-0.25, -0.2) is 0 Å². The van der Waals surface area contributed by atoms with Crippen LogP contribution >= 0.6 is 12.4 Å². The third-order valence-electron chi connectivity index (χ3n) is 4.62. The van der Waals surface area contributed by atoms with E-state index in [1.807, 2.05) is 30.3 Å². The van der Waals surface area contributed by atoms with E-state index in [4.69, 9.17) is 4.74 Å². The molecular weight excluding hydrogens is 286 g/mol. The molecule has 0 spiro atoms. The van der Waals surface area contributed by atoms with Gasteiger partial charge in [-0.3, -0.25) is 4.79 Å². The number of ether oxygens (including phenoxy) is 1. The number of rotatable bonds is 3. The average molecular weight is 310 g/mol. The second-order valence-corrected chi connectivity index (χ2v) is 6.05. The molecule has 0 bridgehead atoms. The largest absolute Gasteiger partial charge is 0.460 e. The monoisotopic (exact) mass is 309 g/mol. The number of esters is 1. The van der Waals surface area contributed by atoms with Crippen molar-refractivity contribution in [3.63, 3.8) is 0 Å². The highest BCUT2D eigenvalue weighted by atomic mass is 35.5. The summed E-state index contributed by atoms with van der Waals surface area (Å²) >= 11 is 0. The van der Waals surface area contributed by atoms with Gasteiger partial charge < -0.3 is 10.1 Å². The number of carbonyl (C=O) groups excluding carboxylic acids is 1. The summed E-state index contributed by atoms with van der Waals surface area (Å²) in [5.41, 5.74) is 1.05. The predicted molar refractivity (Wildman–Crippen MR) is 85.4 cm³/mol. The van der Waals surface area contributed by atoms with Crippen LogP contribution in [0.1, 0.15) is 44.1 Å². The molecule has 1 saturated heterocycles. The standard InChI is InChI=1S/C17H23NO2.ClH/c19-17(20-12-13-7-3-1-4-8-13)16-11-14-9-5-2-6-10-15(14)18-16;/h1,3-4,7-8,14-16,18H,2,5-6,9-12H2;1H/t14-,15-,16-;/m1./s1. The molecule has 1 aromatic carbocycles. The van der Waals surface area contributed by atoms with Crippen molar-refractivity contribution in [2.45, 2.75) is 57.2 Å². The first-order chi connectivity index (χ1) is 9.83. The molecule has 1 aliphatic heterocycles. The summed E-state index contributed by atoms with van der Waals surface area (Å²) in [7, 11) is 0. The number of nitrogens with one attached hydrogen (secondary N) is 1. The zero-order valence-electron chi connectivity index (χ0n) is 12.3. The Bertz CT molecular complexity index is 437. The Morgan fingerprint density at radius 2 is 1.90 bits per heavy atom. The van der Waals surface area contributed by atoms with E-state index in [0.717, 1.165) is 12.0 Å². The van der Waals surface area contributed by atoms with Crippen LogP contribution in [0, 0.1) is 5.92 Å². The minimum atomic E-state index is -0.0909. The van der Waals surface area contributed by atoms with Gasteiger partial charge in [-0.15, -0.1) is 12.4 Å². The molecule has 0 amide bonds. The second kappa shape index (κ2) is 7.81. The summed E-state index contributed by atoms with van der Waals surface area (Å²) in [6.45, 7) is 0.382. The van der Waals surface area contributed by atoms with Crippen molar-refractivity contribution in [3.8, 4) is 0 Å². The maximum atomic E-state index is 12.2. The third-order valence-corrected chi connectivity index (χ3v) is 4.62. The summed E-state index contributed by atoms with van der Waals surface area (Å²) in [6, 6.07) is 10.3. The van der Waals surface area contributed by atoms with Gasteiger partial charge in [0.25, 0.3) is 0 Å². The zero-order chi connectivity index (χ0) is 13.8. The van der Waals surface area contributed by atoms with Crippen LogP contribution in [0.3, 0.4) is 0 Å². The van der Waals surface area contributed by atoms with Crippen molar-refractivity contribution >= 4 is 18.4 Å². The predicted octanol–water partition coefficient (Wildman–Crippen LogP) is 3.46. The van der Waals surface area contributed by atoms with E-state index in [0.29, 0.717) is 18.6 Å². The van der Waals surface area contributed by atoms with Gasteiger partial charge in [0.15, 0.2) is 0 Å². The van der Waals surface area contributed by atoms with E-state index in [1.54, 1.807) is 0 Å². The SMILES string of the molecule is Cl.O=C(OCc1ccccc1)[C@H]1C[C@H]2CCCCC[C@H]2N1. The van der Waals surface area contributed by atoms with Gasteiger partial charge in [0.05, 0.1) is 0 Å². The zero-order valence-corrected chi connectivity index (χ0v) is 13.1. The molecule has 21 heavy (non-hydrogen) atoms. The molecule has 0 radical (unpaired) electrons. The quantitative estimate of drug-likeness (QED) is 0.869. The molecule has 1 N–H and O–H groups in total. The van der Waals surface area contributed by atoms with E-state index >= 15 is 0 Å². The van der Waals surface area contributed by atoms with E-state index < -0.39 is 0 Å². The summed E-state index contributed by atoms with van der Waals surface area (Å²) in [6.07, 6.45) is 7.39. The Balaban J connectivity index is 0.00000161. The molecule has 0 aromatic heterocycles. The number of halogens is 1. The van der Waals surface area contributed by atoms with Gasteiger partial charge in [-0.1, -0.05) is 49.6 Å². The maximum absolute atomic E-state index is 12.2. The highest BCUT2D eigenvalue weighted by Gasteiger charge is 2.38. The minimum absolute atomic E-state index is 0. The number of carbonyl (C=O) groups is 1. The molecule has 2 aliphatic rings. The number of benzene rings is 1. The van der Waals surface area contributed by atoms with E-state index in [2.05, 4.69) is 5.32 Å². The molecule has 1 saturated carbocycles. The highest BCUT2D eigenvalue weighted by Crippen LogP contribution is 2.32. The fourth-order valence-corrected chi connectivity index (χ4v) is 3.51. The van der Waals surface area contributed by atoms with Crippen molar-refractivity contribution in [1.29, 1.82) is 0 Å². The molecule has 116 valence electrons. The van der Waals surface area contributed by atoms with Gasteiger partial charge >= 0.3 is 5.97 Å². The molecule has 1 aliphatic carbocycles. The van der Waals surface area contributed by atoms with E-state index in [9.17, 15) is 4.79 Å². The molecule has 1 heterocycles. The first-order valence-corrected chi connectivity index (χ1v) is 7.79. The summed E-state index contributed by atoms with van der Waals surface area (Å²) in [5.74, 6) is 0.591. The van der Waals surface area contributed by atoms with Gasteiger partial charge in [0, 0.05) is 6.04 Å². The summed E-state index contributed by atoms with van der Waals surface area (Å²) in [5, 5.41) is 3.49. The van der Waals surface area contributed by atoms with Gasteiger partial charge in [0.1, 0.15) is 12.6 Å². The molecule has 4 heteroatoms. The lowest BCUT2D eigenvalue weighted by molar-refractivity contribution is -0.147. The average Bonchev–Trinajstić information content (AvgIpc) is 2.77. The highest BCUT2D eigenvalue weighted by molar-refractivity contribution is 5.85. The fourth-order valence-electron chi connectivity index (χ4n) is 3.51. The van der Waals surface area contributed by atoms with Crippen molar-refractivity contribution in [3.05, 3.63) is 35.9 Å². The normalized spacial score (nSPS) is 28.1. The Morgan fingerprint density at radius 1 is 1.14 bits per heavy atom. The first-order valence-electron chi connectivity index (χ1n) is 7.79. The fraction of sp³-hybridized carbons (Fsp3) is 0.588. The Kier molecular flexibility index (Phi) is 6.07. The van der Waals surface area contributed by atoms with Crippen LogP contribution in [0.15, 0.2) is 30.3 Å². The molecule has 1 aromatic rings. The van der Waals surface area contributed by atoms with Crippen molar-refractivity contribution in [1.82, 2.24) is 5.32 Å². The summed E-state index contributed by atoms with van der Waals surface area (Å²) < 4.78 is 5.45. The topological polar surface area (TPSA) is 38.3 Å². The van der Waals surface area contributed by atoms with Crippen LogP contribution in [0.2, 0.25) is 0 Å². The Hall–Kier alpha value is -1.06. The summed E-state index contributed by atoms with van der Waals surface area (Å²) in [4.78, 5) is 12.2. The van der Waals surface area contributed by atoms with Crippen LogP contribution < -0.4 is 5.32 Å². The number of hydrogen-bond donors (Lipinski definition) is 1. The smallest absolute Gasteiger partial charge is 0.323 e. The van der Waals surface area contributed by atoms with Crippen molar-refractivity contribution < 1.29 is 9.53 Å². The number of hydrogen-bond acceptors (Lipinski definition) is 3. The maximum Gasteiger partial charge on any atom is 0.323 e. The Morgan fingerprint density at radius 3 is 2.71 bits per heavy atom. The molecule has 3 atom stereocenters. The van der Waals surface area contributed by atoms with Gasteiger partial charge in [-0.05, 0) is 30.7 Å². The van der Waals surface area contributed by atoms with Crippen LogP contribution in [-0.4, -0.2) is 18.1 Å². The Labute approximate surface area is 132 Å². The van der Waals surface area contributed by atoms with Crippen LogP contribution in [0.25, 0.3) is 0 Å². The molecule has 0 unspecified atom stereocenters. The van der Waals surface area contributed by atoms with Crippen molar-refractivity contribution in [2.24, 2.45) is 5.92 Å². The lowest BCUT2D eigenvalue weighted by Gasteiger charge is -2.15. The van der Waals surface area contributed by atoms with Crippen LogP contribution in [-0.2, 0) is 16.1 Å². The van der Waals surface area contributed by atoms with Gasteiger partial charge in [0.2, 0.25) is 0 Å². The molecule has 3 rings (SSSR count). The molecule has 2 fully saturated rings. The van der Waals surface area contributed by atoms with Crippen molar-refractivity contribution in [2.75, 3.05) is 0 Å². The van der Waals surface area contributed by atoms with E-state index in [1.165, 1.54) is 32.1 Å². The van der Waals surface area contributed by atoms with E-state index in [-0.39, 0.29) is 24.4 Å². The van der Waals surface area contributed by atoms with Crippen LogP contribution in [0.5, 0.6) is 0 Å². The van der Waals surface area contributed by atoms with Crippen LogP contribution in [0.4, 0.5) is 0 Å².